The molecule has 0 atom stereocenters. The number of ether oxygens (including phenoxy) is 2. The summed E-state index contributed by atoms with van der Waals surface area (Å²) < 4.78 is 12.9. The van der Waals surface area contributed by atoms with Gasteiger partial charge in [-0.15, -0.1) is 0 Å². The maximum absolute atomic E-state index is 6.36. The molecule has 0 aliphatic carbocycles. The van der Waals surface area contributed by atoms with Crippen LogP contribution in [0.3, 0.4) is 0 Å². The van der Waals surface area contributed by atoms with Crippen LogP contribution in [0.1, 0.15) is 19.3 Å². The number of rotatable bonds is 7. The number of piperidine rings is 1. The van der Waals surface area contributed by atoms with Gasteiger partial charge in [-0.25, -0.2) is 4.98 Å². The minimum absolute atomic E-state index is 0.535. The van der Waals surface area contributed by atoms with Crippen LogP contribution in [0, 0.1) is 5.92 Å². The van der Waals surface area contributed by atoms with Crippen molar-refractivity contribution in [3.63, 3.8) is 0 Å². The molecule has 3 heterocycles. The van der Waals surface area contributed by atoms with Crippen molar-refractivity contribution < 1.29 is 9.47 Å². The highest BCUT2D eigenvalue weighted by atomic mass is 35.5. The van der Waals surface area contributed by atoms with E-state index in [2.05, 4.69) is 42.2 Å². The van der Waals surface area contributed by atoms with Gasteiger partial charge >= 0.3 is 0 Å². The van der Waals surface area contributed by atoms with Gasteiger partial charge in [0.1, 0.15) is 17.1 Å². The van der Waals surface area contributed by atoms with Crippen LogP contribution in [0.2, 0.25) is 5.02 Å². The average Bonchev–Trinajstić information content (AvgIpc) is 3.21. The Morgan fingerprint density at radius 1 is 1.10 bits per heavy atom. The molecule has 3 aromatic rings. The Balaban J connectivity index is 1.54. The number of hydrogen-bond donors (Lipinski definition) is 0. The monoisotopic (exact) mass is 442 g/mol. The van der Waals surface area contributed by atoms with Crippen molar-refractivity contribution in [1.82, 2.24) is 14.3 Å². The minimum Gasteiger partial charge on any atom is -0.496 e. The third-order valence-electron chi connectivity index (χ3n) is 6.16. The SMILES string of the molecule is COc1cc(OC)c(-c2cn3ccc(N4CCC(CCN(C)C)CC4)cc3n2)cc1Cl. The van der Waals surface area contributed by atoms with Crippen LogP contribution in [0.5, 0.6) is 11.5 Å². The molecule has 0 N–H and O–H groups in total. The normalized spacial score (nSPS) is 15.1. The molecule has 1 fully saturated rings. The number of halogens is 1. The van der Waals surface area contributed by atoms with Gasteiger partial charge in [-0.05, 0) is 58.0 Å². The van der Waals surface area contributed by atoms with Crippen molar-refractivity contribution >= 4 is 22.9 Å². The van der Waals surface area contributed by atoms with Gasteiger partial charge in [0, 0.05) is 48.9 Å². The van der Waals surface area contributed by atoms with E-state index in [4.69, 9.17) is 26.1 Å². The highest BCUT2D eigenvalue weighted by molar-refractivity contribution is 6.32. The van der Waals surface area contributed by atoms with Crippen LogP contribution in [-0.4, -0.2) is 62.2 Å². The molecule has 0 radical (unpaired) electrons. The van der Waals surface area contributed by atoms with Crippen molar-refractivity contribution in [2.45, 2.75) is 19.3 Å². The Morgan fingerprint density at radius 2 is 1.84 bits per heavy atom. The summed E-state index contributed by atoms with van der Waals surface area (Å²) in [5.41, 5.74) is 3.81. The zero-order valence-corrected chi connectivity index (χ0v) is 19.5. The molecule has 31 heavy (non-hydrogen) atoms. The van der Waals surface area contributed by atoms with Crippen LogP contribution in [0.15, 0.2) is 36.7 Å². The summed E-state index contributed by atoms with van der Waals surface area (Å²) in [6.45, 7) is 3.37. The fraction of sp³-hybridized carbons (Fsp3) is 0.458. The van der Waals surface area contributed by atoms with E-state index in [-0.39, 0.29) is 0 Å². The largest absolute Gasteiger partial charge is 0.496 e. The predicted molar refractivity (Wildman–Crippen MR) is 127 cm³/mol. The number of benzene rings is 1. The molecule has 166 valence electrons. The Bertz CT molecular complexity index is 1040. The summed E-state index contributed by atoms with van der Waals surface area (Å²) in [4.78, 5) is 9.62. The quantitative estimate of drug-likeness (QED) is 0.523. The van der Waals surface area contributed by atoms with Crippen molar-refractivity contribution in [1.29, 1.82) is 0 Å². The van der Waals surface area contributed by atoms with Crippen LogP contribution in [0.4, 0.5) is 5.69 Å². The van der Waals surface area contributed by atoms with E-state index in [0.29, 0.717) is 16.5 Å². The van der Waals surface area contributed by atoms with E-state index in [1.54, 1.807) is 20.3 Å². The molecule has 0 bridgehead atoms. The van der Waals surface area contributed by atoms with Crippen LogP contribution in [-0.2, 0) is 0 Å². The second kappa shape index (κ2) is 9.37. The van der Waals surface area contributed by atoms with Crippen molar-refractivity contribution in [2.75, 3.05) is 52.8 Å². The Morgan fingerprint density at radius 3 is 2.52 bits per heavy atom. The number of methoxy groups -OCH3 is 2. The molecular formula is C24H31ClN4O2. The average molecular weight is 443 g/mol. The van der Waals surface area contributed by atoms with Crippen molar-refractivity contribution in [3.8, 4) is 22.8 Å². The van der Waals surface area contributed by atoms with E-state index in [1.807, 2.05) is 16.7 Å². The van der Waals surface area contributed by atoms with Crippen LogP contribution in [0.25, 0.3) is 16.9 Å². The van der Waals surface area contributed by atoms with E-state index in [0.717, 1.165) is 35.9 Å². The van der Waals surface area contributed by atoms with Gasteiger partial charge in [-0.3, -0.25) is 0 Å². The number of aromatic nitrogens is 2. The Labute approximate surface area is 189 Å². The highest BCUT2D eigenvalue weighted by Gasteiger charge is 2.20. The molecule has 1 saturated heterocycles. The number of pyridine rings is 1. The van der Waals surface area contributed by atoms with E-state index >= 15 is 0 Å². The molecule has 7 heteroatoms. The first kappa shape index (κ1) is 21.8. The minimum atomic E-state index is 0.535. The maximum Gasteiger partial charge on any atom is 0.141 e. The molecule has 0 unspecified atom stereocenters. The molecular weight excluding hydrogens is 412 g/mol. The zero-order valence-electron chi connectivity index (χ0n) is 18.8. The number of imidazole rings is 1. The third-order valence-corrected chi connectivity index (χ3v) is 6.45. The number of fused-ring (bicyclic) bond motifs is 1. The molecule has 1 aromatic carbocycles. The Hall–Kier alpha value is -2.44. The van der Waals surface area contributed by atoms with E-state index < -0.39 is 0 Å². The summed E-state index contributed by atoms with van der Waals surface area (Å²) in [5.74, 6) is 2.10. The lowest BCUT2D eigenvalue weighted by atomic mass is 9.93. The van der Waals surface area contributed by atoms with Gasteiger partial charge in [-0.2, -0.15) is 0 Å². The molecule has 2 aromatic heterocycles. The lowest BCUT2D eigenvalue weighted by Crippen LogP contribution is -2.34. The molecule has 0 saturated carbocycles. The van der Waals surface area contributed by atoms with Gasteiger partial charge in [0.2, 0.25) is 0 Å². The number of anilines is 1. The summed E-state index contributed by atoms with van der Waals surface area (Å²) in [7, 11) is 7.54. The third kappa shape index (κ3) is 4.75. The first-order chi connectivity index (χ1) is 15.0. The van der Waals surface area contributed by atoms with Gasteiger partial charge in [0.15, 0.2) is 0 Å². The molecule has 0 amide bonds. The van der Waals surface area contributed by atoms with Gasteiger partial charge in [-0.1, -0.05) is 11.6 Å². The van der Waals surface area contributed by atoms with Crippen LogP contribution < -0.4 is 14.4 Å². The molecule has 0 spiro atoms. The fourth-order valence-electron chi connectivity index (χ4n) is 4.28. The second-order valence-electron chi connectivity index (χ2n) is 8.49. The maximum atomic E-state index is 6.36. The zero-order chi connectivity index (χ0) is 22.0. The summed E-state index contributed by atoms with van der Waals surface area (Å²) in [6.07, 6.45) is 7.88. The van der Waals surface area contributed by atoms with Gasteiger partial charge < -0.3 is 23.7 Å². The van der Waals surface area contributed by atoms with E-state index in [1.165, 1.54) is 31.5 Å². The molecule has 1 aliphatic rings. The Kier molecular flexibility index (Phi) is 6.58. The number of hydrogen-bond acceptors (Lipinski definition) is 5. The van der Waals surface area contributed by atoms with Crippen molar-refractivity contribution in [3.05, 3.63) is 41.7 Å². The smallest absolute Gasteiger partial charge is 0.141 e. The number of nitrogens with zero attached hydrogens (tertiary/aromatic N) is 4. The second-order valence-corrected chi connectivity index (χ2v) is 8.89. The van der Waals surface area contributed by atoms with E-state index in [9.17, 15) is 0 Å². The molecule has 6 nitrogen and oxygen atoms in total. The van der Waals surface area contributed by atoms with Gasteiger partial charge in [0.05, 0.1) is 24.9 Å². The standard InChI is InChI=1S/C24H31ClN4O2/c1-27(2)9-5-17-6-10-28(11-7-17)18-8-12-29-16-21(26-24(29)13-18)19-14-20(25)23(31-4)15-22(19)30-3/h8,12-17H,5-7,9-11H2,1-4H3. The predicted octanol–water partition coefficient (Wildman–Crippen LogP) is 4.84. The molecule has 4 rings (SSSR count). The summed E-state index contributed by atoms with van der Waals surface area (Å²) >= 11 is 6.36. The molecule has 1 aliphatic heterocycles. The lowest BCUT2D eigenvalue weighted by Gasteiger charge is -2.34. The highest BCUT2D eigenvalue weighted by Crippen LogP contribution is 2.38. The van der Waals surface area contributed by atoms with Crippen molar-refractivity contribution in [2.24, 2.45) is 5.92 Å². The topological polar surface area (TPSA) is 42.2 Å². The first-order valence-electron chi connectivity index (χ1n) is 10.8. The fourth-order valence-corrected chi connectivity index (χ4v) is 4.52. The summed E-state index contributed by atoms with van der Waals surface area (Å²) in [6, 6.07) is 7.99. The van der Waals surface area contributed by atoms with Crippen LogP contribution >= 0.6 is 11.6 Å². The lowest BCUT2D eigenvalue weighted by molar-refractivity contribution is 0.313. The first-order valence-corrected chi connectivity index (χ1v) is 11.2. The summed E-state index contributed by atoms with van der Waals surface area (Å²) in [5, 5.41) is 0.535. The van der Waals surface area contributed by atoms with Gasteiger partial charge in [0.25, 0.3) is 0 Å².